The summed E-state index contributed by atoms with van der Waals surface area (Å²) in [5.74, 6) is 0.411. The third-order valence-corrected chi connectivity index (χ3v) is 2.62. The van der Waals surface area contributed by atoms with Gasteiger partial charge in [-0.1, -0.05) is 0 Å². The standard InChI is InChI=1S/C9H12FNOS/c10-8-6-7(2-3-9(8)11)13-5-1-4-12/h2-3,6,12H,1,4-5,11H2. The molecule has 0 aliphatic rings. The van der Waals surface area contributed by atoms with Crippen molar-refractivity contribution in [3.05, 3.63) is 24.0 Å². The van der Waals surface area contributed by atoms with E-state index in [1.165, 1.54) is 17.8 Å². The SMILES string of the molecule is Nc1ccc(SCCCO)cc1F. The molecule has 4 heteroatoms. The van der Waals surface area contributed by atoms with Crippen molar-refractivity contribution in [3.8, 4) is 0 Å². The number of thioether (sulfide) groups is 1. The Hall–Kier alpha value is -0.740. The molecule has 0 saturated heterocycles. The number of aliphatic hydroxyl groups excluding tert-OH is 1. The van der Waals surface area contributed by atoms with Gasteiger partial charge in [0, 0.05) is 17.3 Å². The summed E-state index contributed by atoms with van der Waals surface area (Å²) < 4.78 is 12.9. The van der Waals surface area contributed by atoms with Gasteiger partial charge in [-0.05, 0) is 24.6 Å². The number of rotatable bonds is 4. The van der Waals surface area contributed by atoms with Crippen molar-refractivity contribution < 1.29 is 9.50 Å². The first-order chi connectivity index (χ1) is 6.24. The van der Waals surface area contributed by atoms with Crippen LogP contribution < -0.4 is 5.73 Å². The van der Waals surface area contributed by atoms with Gasteiger partial charge in [0.15, 0.2) is 0 Å². The van der Waals surface area contributed by atoms with Crippen LogP contribution in [-0.2, 0) is 0 Å². The zero-order chi connectivity index (χ0) is 9.68. The average Bonchev–Trinajstić information content (AvgIpc) is 2.12. The molecule has 0 aliphatic heterocycles. The third kappa shape index (κ3) is 3.24. The molecule has 0 unspecified atom stereocenters. The molecule has 0 heterocycles. The second-order valence-corrected chi connectivity index (χ2v) is 3.78. The van der Waals surface area contributed by atoms with Crippen LogP contribution in [0.5, 0.6) is 0 Å². The largest absolute Gasteiger partial charge is 0.396 e. The molecule has 2 nitrogen and oxygen atoms in total. The van der Waals surface area contributed by atoms with Crippen LogP contribution in [-0.4, -0.2) is 17.5 Å². The van der Waals surface area contributed by atoms with E-state index in [1.54, 1.807) is 12.1 Å². The van der Waals surface area contributed by atoms with E-state index in [4.69, 9.17) is 10.8 Å². The van der Waals surface area contributed by atoms with Crippen LogP contribution in [0.2, 0.25) is 0 Å². The zero-order valence-electron chi connectivity index (χ0n) is 7.16. The van der Waals surface area contributed by atoms with E-state index in [0.29, 0.717) is 0 Å². The predicted molar refractivity (Wildman–Crippen MR) is 53.2 cm³/mol. The van der Waals surface area contributed by atoms with Gasteiger partial charge < -0.3 is 10.8 Å². The molecule has 0 saturated carbocycles. The third-order valence-electron chi connectivity index (χ3n) is 1.54. The van der Waals surface area contributed by atoms with E-state index in [-0.39, 0.29) is 18.1 Å². The second kappa shape index (κ2) is 5.09. The Morgan fingerprint density at radius 3 is 2.85 bits per heavy atom. The van der Waals surface area contributed by atoms with Crippen molar-refractivity contribution >= 4 is 17.4 Å². The van der Waals surface area contributed by atoms with E-state index in [0.717, 1.165) is 17.1 Å². The van der Waals surface area contributed by atoms with E-state index in [9.17, 15) is 4.39 Å². The summed E-state index contributed by atoms with van der Waals surface area (Å²) in [5.41, 5.74) is 5.49. The van der Waals surface area contributed by atoms with Crippen LogP contribution in [0.25, 0.3) is 0 Å². The van der Waals surface area contributed by atoms with Crippen molar-refractivity contribution in [2.75, 3.05) is 18.1 Å². The normalized spacial score (nSPS) is 10.3. The summed E-state index contributed by atoms with van der Waals surface area (Å²) in [5, 5.41) is 8.54. The summed E-state index contributed by atoms with van der Waals surface area (Å²) in [7, 11) is 0. The van der Waals surface area contributed by atoms with Gasteiger partial charge in [-0.2, -0.15) is 0 Å². The highest BCUT2D eigenvalue weighted by Gasteiger charge is 1.99. The average molecular weight is 201 g/mol. The summed E-state index contributed by atoms with van der Waals surface area (Å²) in [4.78, 5) is 0.847. The summed E-state index contributed by atoms with van der Waals surface area (Å²) in [6, 6.07) is 4.74. The number of nitrogen functional groups attached to an aromatic ring is 1. The van der Waals surface area contributed by atoms with Crippen LogP contribution in [0.15, 0.2) is 23.1 Å². The van der Waals surface area contributed by atoms with Gasteiger partial charge in [0.05, 0.1) is 5.69 Å². The highest BCUT2D eigenvalue weighted by atomic mass is 32.2. The number of hydrogen-bond donors (Lipinski definition) is 2. The molecule has 0 amide bonds. The zero-order valence-corrected chi connectivity index (χ0v) is 7.98. The number of aliphatic hydroxyl groups is 1. The lowest BCUT2D eigenvalue weighted by atomic mass is 10.3. The molecule has 0 spiro atoms. The monoisotopic (exact) mass is 201 g/mol. The van der Waals surface area contributed by atoms with Crippen LogP contribution in [0, 0.1) is 5.82 Å². The van der Waals surface area contributed by atoms with E-state index >= 15 is 0 Å². The minimum atomic E-state index is -0.381. The Balaban J connectivity index is 2.53. The van der Waals surface area contributed by atoms with Gasteiger partial charge in [-0.25, -0.2) is 4.39 Å². The molecule has 72 valence electrons. The number of hydrogen-bond acceptors (Lipinski definition) is 3. The quantitative estimate of drug-likeness (QED) is 0.444. The van der Waals surface area contributed by atoms with Crippen LogP contribution in [0.3, 0.4) is 0 Å². The van der Waals surface area contributed by atoms with Gasteiger partial charge in [-0.15, -0.1) is 11.8 Å². The molecule has 0 bridgehead atoms. The van der Waals surface area contributed by atoms with Gasteiger partial charge in [0.1, 0.15) is 5.82 Å². The summed E-state index contributed by atoms with van der Waals surface area (Å²) in [6.45, 7) is 0.171. The lowest BCUT2D eigenvalue weighted by molar-refractivity contribution is 0.296. The van der Waals surface area contributed by atoms with Crippen molar-refractivity contribution in [2.24, 2.45) is 0 Å². The maximum Gasteiger partial charge on any atom is 0.147 e. The van der Waals surface area contributed by atoms with Gasteiger partial charge in [0.2, 0.25) is 0 Å². The number of halogens is 1. The van der Waals surface area contributed by atoms with Crippen LogP contribution >= 0.6 is 11.8 Å². The molecule has 0 fully saturated rings. The Morgan fingerprint density at radius 1 is 1.46 bits per heavy atom. The van der Waals surface area contributed by atoms with E-state index < -0.39 is 0 Å². The first kappa shape index (κ1) is 10.3. The minimum absolute atomic E-state index is 0.171. The second-order valence-electron chi connectivity index (χ2n) is 2.61. The van der Waals surface area contributed by atoms with Crippen molar-refractivity contribution in [2.45, 2.75) is 11.3 Å². The fraction of sp³-hybridized carbons (Fsp3) is 0.333. The Labute approximate surface area is 80.9 Å². The molecule has 0 aliphatic carbocycles. The Kier molecular flexibility index (Phi) is 4.05. The van der Waals surface area contributed by atoms with Gasteiger partial charge in [-0.3, -0.25) is 0 Å². The molecule has 0 radical (unpaired) electrons. The van der Waals surface area contributed by atoms with Crippen molar-refractivity contribution in [3.63, 3.8) is 0 Å². The van der Waals surface area contributed by atoms with E-state index in [1.807, 2.05) is 0 Å². The molecule has 1 aromatic carbocycles. The maximum absolute atomic E-state index is 12.9. The fourth-order valence-electron chi connectivity index (χ4n) is 0.852. The van der Waals surface area contributed by atoms with Crippen molar-refractivity contribution in [1.82, 2.24) is 0 Å². The Morgan fingerprint density at radius 2 is 2.23 bits per heavy atom. The van der Waals surface area contributed by atoms with Crippen LogP contribution in [0.4, 0.5) is 10.1 Å². The highest BCUT2D eigenvalue weighted by molar-refractivity contribution is 7.99. The number of anilines is 1. The molecular formula is C9H12FNOS. The maximum atomic E-state index is 12.9. The number of benzene rings is 1. The molecule has 1 aromatic rings. The topological polar surface area (TPSA) is 46.2 Å². The highest BCUT2D eigenvalue weighted by Crippen LogP contribution is 2.22. The van der Waals surface area contributed by atoms with Gasteiger partial charge >= 0.3 is 0 Å². The molecule has 13 heavy (non-hydrogen) atoms. The molecule has 3 N–H and O–H groups in total. The minimum Gasteiger partial charge on any atom is -0.396 e. The Bertz CT molecular complexity index is 280. The van der Waals surface area contributed by atoms with Crippen molar-refractivity contribution in [1.29, 1.82) is 0 Å². The molecule has 0 aromatic heterocycles. The lowest BCUT2D eigenvalue weighted by Crippen LogP contribution is -1.90. The summed E-state index contributed by atoms with van der Waals surface area (Å²) in [6.07, 6.45) is 0.719. The fourth-order valence-corrected chi connectivity index (χ4v) is 1.71. The molecule has 0 atom stereocenters. The van der Waals surface area contributed by atoms with Crippen LogP contribution in [0.1, 0.15) is 6.42 Å². The predicted octanol–water partition coefficient (Wildman–Crippen LogP) is 1.88. The smallest absolute Gasteiger partial charge is 0.147 e. The first-order valence-corrected chi connectivity index (χ1v) is 5.01. The summed E-state index contributed by atoms with van der Waals surface area (Å²) >= 11 is 1.51. The molecule has 1 rings (SSSR count). The molecular weight excluding hydrogens is 189 g/mol. The lowest BCUT2D eigenvalue weighted by Gasteiger charge is -2.01. The van der Waals surface area contributed by atoms with Gasteiger partial charge in [0.25, 0.3) is 0 Å². The first-order valence-electron chi connectivity index (χ1n) is 4.02. The number of nitrogens with two attached hydrogens (primary N) is 1. The van der Waals surface area contributed by atoms with E-state index in [2.05, 4.69) is 0 Å².